The third-order valence-electron chi connectivity index (χ3n) is 4.53. The summed E-state index contributed by atoms with van der Waals surface area (Å²) in [4.78, 5) is 14.4. The molecule has 1 saturated heterocycles. The van der Waals surface area contributed by atoms with Gasteiger partial charge in [0.2, 0.25) is 0 Å². The van der Waals surface area contributed by atoms with Crippen LogP contribution in [0, 0.1) is 0 Å². The second kappa shape index (κ2) is 7.84. The summed E-state index contributed by atoms with van der Waals surface area (Å²) in [6, 6.07) is 7.34. The minimum Gasteiger partial charge on any atom is -0.337 e. The highest BCUT2D eigenvalue weighted by molar-refractivity contribution is 7.83. The number of benzene rings is 1. The maximum atomic E-state index is 13.1. The van der Waals surface area contributed by atoms with Crippen molar-refractivity contribution in [1.29, 1.82) is 0 Å². The fourth-order valence-corrected chi connectivity index (χ4v) is 4.03. The Morgan fingerprint density at radius 1 is 1.33 bits per heavy atom. The van der Waals surface area contributed by atoms with Crippen molar-refractivity contribution >= 4 is 16.7 Å². The van der Waals surface area contributed by atoms with E-state index in [0.29, 0.717) is 30.7 Å². The molecule has 0 saturated carbocycles. The van der Waals surface area contributed by atoms with Crippen molar-refractivity contribution in [3.05, 3.63) is 53.3 Å². The van der Waals surface area contributed by atoms with Gasteiger partial charge in [0, 0.05) is 47.7 Å². The van der Waals surface area contributed by atoms with Crippen LogP contribution >= 0.6 is 0 Å². The van der Waals surface area contributed by atoms with E-state index in [9.17, 15) is 22.2 Å². The Bertz CT molecular complexity index is 850. The minimum atomic E-state index is -4.48. The second-order valence-corrected chi connectivity index (χ2v) is 8.06. The Labute approximate surface area is 157 Å². The Morgan fingerprint density at radius 3 is 2.81 bits per heavy atom. The van der Waals surface area contributed by atoms with Crippen LogP contribution in [-0.2, 0) is 22.7 Å². The molecule has 1 amide bonds. The molecule has 1 aromatic carbocycles. The molecule has 0 spiro atoms. The number of nitrogens with zero attached hydrogens (tertiary/aromatic N) is 3. The van der Waals surface area contributed by atoms with Gasteiger partial charge in [-0.25, -0.2) is 0 Å². The van der Waals surface area contributed by atoms with Gasteiger partial charge >= 0.3 is 6.18 Å². The molecule has 0 radical (unpaired) electrons. The Morgan fingerprint density at radius 2 is 2.11 bits per heavy atom. The van der Waals surface area contributed by atoms with E-state index in [1.165, 1.54) is 0 Å². The molecule has 146 valence electrons. The number of piperidine rings is 1. The third-order valence-corrected chi connectivity index (χ3v) is 5.27. The van der Waals surface area contributed by atoms with Crippen molar-refractivity contribution in [2.75, 3.05) is 19.3 Å². The number of rotatable bonds is 4. The van der Waals surface area contributed by atoms with Crippen molar-refractivity contribution in [3.63, 3.8) is 0 Å². The van der Waals surface area contributed by atoms with E-state index >= 15 is 0 Å². The minimum absolute atomic E-state index is 0.174. The molecule has 0 bridgehead atoms. The van der Waals surface area contributed by atoms with Gasteiger partial charge in [-0.2, -0.15) is 18.3 Å². The number of likely N-dealkylation sites (tertiary alicyclic amines) is 1. The van der Waals surface area contributed by atoms with Crippen molar-refractivity contribution in [2.45, 2.75) is 30.8 Å². The zero-order chi connectivity index (χ0) is 19.6. The van der Waals surface area contributed by atoms with Gasteiger partial charge in [-0.05, 0) is 36.6 Å². The van der Waals surface area contributed by atoms with E-state index in [1.54, 1.807) is 35.4 Å². The van der Waals surface area contributed by atoms with E-state index in [0.717, 1.165) is 22.5 Å². The van der Waals surface area contributed by atoms with Crippen LogP contribution in [0.4, 0.5) is 13.2 Å². The average Bonchev–Trinajstić information content (AvgIpc) is 3.11. The summed E-state index contributed by atoms with van der Waals surface area (Å²) in [5, 5.41) is 3.84. The average molecular weight is 399 g/mol. The first kappa shape index (κ1) is 19.6. The topological polar surface area (TPSA) is 55.2 Å². The van der Waals surface area contributed by atoms with Crippen LogP contribution < -0.4 is 0 Å². The van der Waals surface area contributed by atoms with Crippen molar-refractivity contribution < 1.29 is 22.2 Å². The normalized spacial score (nSPS) is 19.1. The molecule has 0 aliphatic carbocycles. The predicted octanol–water partition coefficient (Wildman–Crippen LogP) is 3.26. The Balaban J connectivity index is 1.78. The van der Waals surface area contributed by atoms with Gasteiger partial charge in [0.15, 0.2) is 0 Å². The number of aromatic nitrogens is 2. The lowest BCUT2D eigenvalue weighted by molar-refractivity contribution is -0.145. The summed E-state index contributed by atoms with van der Waals surface area (Å²) < 4.78 is 51.8. The molecule has 0 unspecified atom stereocenters. The van der Waals surface area contributed by atoms with E-state index in [-0.39, 0.29) is 12.5 Å². The summed E-state index contributed by atoms with van der Waals surface area (Å²) in [5.41, 5.74) is 0.450. The molecule has 1 aliphatic heterocycles. The van der Waals surface area contributed by atoms with Crippen LogP contribution in [0.5, 0.6) is 0 Å². The molecule has 9 heteroatoms. The van der Waals surface area contributed by atoms with Crippen LogP contribution in [-0.4, -0.2) is 44.1 Å². The van der Waals surface area contributed by atoms with Gasteiger partial charge in [-0.15, -0.1) is 0 Å². The number of carbonyl (C=O) groups excluding carboxylic acids is 1. The summed E-state index contributed by atoms with van der Waals surface area (Å²) in [6.07, 6.45) is -0.619. The van der Waals surface area contributed by atoms with E-state index in [2.05, 4.69) is 5.10 Å². The lowest BCUT2D eigenvalue weighted by atomic mass is 10.0. The highest BCUT2D eigenvalue weighted by Crippen LogP contribution is 2.33. The summed E-state index contributed by atoms with van der Waals surface area (Å²) >= 11 is 0. The summed E-state index contributed by atoms with van der Waals surface area (Å²) in [6.45, 7) is 0.662. The smallest absolute Gasteiger partial charge is 0.337 e. The number of hydrogen-bond donors (Lipinski definition) is 0. The summed E-state index contributed by atoms with van der Waals surface area (Å²) in [7, 11) is -1.02. The highest BCUT2D eigenvalue weighted by Gasteiger charge is 2.37. The number of alkyl halides is 3. The molecule has 5 nitrogen and oxygen atoms in total. The second-order valence-electron chi connectivity index (χ2n) is 6.62. The maximum Gasteiger partial charge on any atom is 0.433 e. The van der Waals surface area contributed by atoms with Crippen molar-refractivity contribution in [3.8, 4) is 0 Å². The Kier molecular flexibility index (Phi) is 5.69. The monoisotopic (exact) mass is 399 g/mol. The number of amides is 1. The van der Waals surface area contributed by atoms with Crippen LogP contribution in [0.3, 0.4) is 0 Å². The van der Waals surface area contributed by atoms with Crippen molar-refractivity contribution in [2.24, 2.45) is 0 Å². The zero-order valence-electron chi connectivity index (χ0n) is 14.8. The molecule has 2 aromatic rings. The first-order valence-electron chi connectivity index (χ1n) is 8.54. The first-order valence-corrected chi connectivity index (χ1v) is 10.3. The highest BCUT2D eigenvalue weighted by atomic mass is 32.2. The van der Waals surface area contributed by atoms with Crippen LogP contribution in [0.2, 0.25) is 0 Å². The van der Waals surface area contributed by atoms with Gasteiger partial charge in [-0.3, -0.25) is 13.7 Å². The SMILES string of the molecule is C[S@@](=O)Cc1cccc(C(=O)N2CCC[C@@H](n3nccc3C(F)(F)F)C2)c1. The number of halogens is 3. The lowest BCUT2D eigenvalue weighted by Gasteiger charge is -2.34. The standard InChI is InChI=1S/C18H20F3N3O2S/c1-27(26)12-13-4-2-5-14(10-13)17(25)23-9-3-6-15(11-23)24-16(7-8-22-24)18(19,20)21/h2,4-5,7-8,10,15H,3,6,9,11-12H2,1H3/t15-,27-/m1/s1. The van der Waals surface area contributed by atoms with Gasteiger partial charge in [0.1, 0.15) is 5.69 Å². The molecule has 27 heavy (non-hydrogen) atoms. The molecule has 0 N–H and O–H groups in total. The van der Waals surface area contributed by atoms with Gasteiger partial charge in [0.05, 0.1) is 6.04 Å². The van der Waals surface area contributed by atoms with Gasteiger partial charge < -0.3 is 4.90 Å². The lowest BCUT2D eigenvalue weighted by Crippen LogP contribution is -2.41. The van der Waals surface area contributed by atoms with Crippen molar-refractivity contribution in [1.82, 2.24) is 14.7 Å². The van der Waals surface area contributed by atoms with Gasteiger partial charge in [-0.1, -0.05) is 12.1 Å². The Hall–Kier alpha value is -2.16. The van der Waals surface area contributed by atoms with E-state index in [4.69, 9.17) is 0 Å². The third kappa shape index (κ3) is 4.58. The van der Waals surface area contributed by atoms with Crippen LogP contribution in [0.15, 0.2) is 36.5 Å². The number of hydrogen-bond acceptors (Lipinski definition) is 3. The zero-order valence-corrected chi connectivity index (χ0v) is 15.6. The quantitative estimate of drug-likeness (QED) is 0.793. The molecule has 3 rings (SSSR count). The van der Waals surface area contributed by atoms with Crippen LogP contribution in [0.25, 0.3) is 0 Å². The molecule has 1 fully saturated rings. The predicted molar refractivity (Wildman–Crippen MR) is 95.6 cm³/mol. The molecular weight excluding hydrogens is 379 g/mol. The molecular formula is C18H20F3N3O2S. The molecule has 1 aromatic heterocycles. The fourth-order valence-electron chi connectivity index (χ4n) is 3.38. The van der Waals surface area contributed by atoms with E-state index < -0.39 is 28.7 Å². The fraction of sp³-hybridized carbons (Fsp3) is 0.444. The molecule has 2 heterocycles. The van der Waals surface area contributed by atoms with E-state index in [1.807, 2.05) is 0 Å². The maximum absolute atomic E-state index is 13.1. The molecule has 2 atom stereocenters. The largest absolute Gasteiger partial charge is 0.433 e. The summed E-state index contributed by atoms with van der Waals surface area (Å²) in [5.74, 6) is 0.121. The first-order chi connectivity index (χ1) is 12.8. The molecule has 1 aliphatic rings. The van der Waals surface area contributed by atoms with Crippen LogP contribution in [0.1, 0.15) is 40.5 Å². The van der Waals surface area contributed by atoms with Gasteiger partial charge in [0.25, 0.3) is 5.91 Å². The number of carbonyl (C=O) groups is 1.